The number of carbonyl (C=O) groups is 1. The quantitative estimate of drug-likeness (QED) is 0.424. The summed E-state index contributed by atoms with van der Waals surface area (Å²) in [6.07, 6.45) is -4.49. The van der Waals surface area contributed by atoms with Crippen LogP contribution in [0.4, 0.5) is 13.2 Å². The van der Waals surface area contributed by atoms with Gasteiger partial charge in [-0.1, -0.05) is 15.9 Å². The van der Waals surface area contributed by atoms with Crippen molar-refractivity contribution in [2.45, 2.75) is 6.18 Å². The highest BCUT2D eigenvalue weighted by Gasteiger charge is 2.34. The maximum absolute atomic E-state index is 12.6. The van der Waals surface area contributed by atoms with Crippen molar-refractivity contribution in [2.75, 3.05) is 5.33 Å². The summed E-state index contributed by atoms with van der Waals surface area (Å²) in [5.41, 5.74) is -1.17. The highest BCUT2D eigenvalue weighted by Crippen LogP contribution is 2.33. The van der Waals surface area contributed by atoms with Crippen LogP contribution in [0.1, 0.15) is 15.9 Å². The molecule has 0 bridgehead atoms. The van der Waals surface area contributed by atoms with Gasteiger partial charge in [0, 0.05) is 9.13 Å². The molecule has 0 aromatic heterocycles. The second-order valence-corrected chi connectivity index (χ2v) is 4.55. The van der Waals surface area contributed by atoms with E-state index in [9.17, 15) is 18.0 Å². The SMILES string of the molecule is O=C(CBr)c1ccc(I)cc1C(F)(F)F. The molecule has 0 fully saturated rings. The van der Waals surface area contributed by atoms with E-state index >= 15 is 0 Å². The molecule has 82 valence electrons. The van der Waals surface area contributed by atoms with E-state index in [-0.39, 0.29) is 10.9 Å². The Bertz CT molecular complexity index is 389. The Hall–Kier alpha value is -0.110. The van der Waals surface area contributed by atoms with Gasteiger partial charge in [0.15, 0.2) is 5.78 Å². The lowest BCUT2D eigenvalue weighted by atomic mass is 10.0. The van der Waals surface area contributed by atoms with Crippen LogP contribution in [0, 0.1) is 3.57 Å². The van der Waals surface area contributed by atoms with E-state index in [1.165, 1.54) is 12.1 Å². The summed E-state index contributed by atoms with van der Waals surface area (Å²) in [4.78, 5) is 11.2. The highest BCUT2D eigenvalue weighted by atomic mass is 127. The third-order valence-corrected chi connectivity index (χ3v) is 2.89. The molecule has 0 aliphatic heterocycles. The van der Waals surface area contributed by atoms with Crippen LogP contribution in [0.3, 0.4) is 0 Å². The second-order valence-electron chi connectivity index (χ2n) is 2.74. The first-order valence-corrected chi connectivity index (χ1v) is 6.02. The molecule has 0 unspecified atom stereocenters. The number of alkyl halides is 4. The number of rotatable bonds is 2. The Morgan fingerprint density at radius 3 is 2.47 bits per heavy atom. The van der Waals surface area contributed by atoms with E-state index in [2.05, 4.69) is 15.9 Å². The van der Waals surface area contributed by atoms with Crippen molar-refractivity contribution < 1.29 is 18.0 Å². The Kier molecular flexibility index (Phi) is 4.16. The molecule has 0 spiro atoms. The lowest BCUT2D eigenvalue weighted by Crippen LogP contribution is -2.14. The van der Waals surface area contributed by atoms with Crippen LogP contribution in [0.25, 0.3) is 0 Å². The first kappa shape index (κ1) is 13.0. The number of carbonyl (C=O) groups excluding carboxylic acids is 1. The fourth-order valence-electron chi connectivity index (χ4n) is 1.07. The van der Waals surface area contributed by atoms with Gasteiger partial charge >= 0.3 is 6.18 Å². The molecule has 0 saturated carbocycles. The Morgan fingerprint density at radius 1 is 1.40 bits per heavy atom. The molecule has 1 nitrogen and oxygen atoms in total. The van der Waals surface area contributed by atoms with Gasteiger partial charge in [-0.3, -0.25) is 4.79 Å². The molecule has 0 amide bonds. The van der Waals surface area contributed by atoms with Crippen molar-refractivity contribution in [1.82, 2.24) is 0 Å². The van der Waals surface area contributed by atoms with Crippen molar-refractivity contribution in [1.29, 1.82) is 0 Å². The van der Waals surface area contributed by atoms with Crippen molar-refractivity contribution in [3.8, 4) is 0 Å². The molecule has 0 atom stereocenters. The first-order valence-electron chi connectivity index (χ1n) is 3.82. The molecule has 1 aromatic rings. The van der Waals surface area contributed by atoms with Gasteiger partial charge < -0.3 is 0 Å². The zero-order valence-electron chi connectivity index (χ0n) is 7.24. The van der Waals surface area contributed by atoms with Crippen LogP contribution < -0.4 is 0 Å². The molecular formula is C9H5BrF3IO. The summed E-state index contributed by atoms with van der Waals surface area (Å²) in [6, 6.07) is 3.65. The van der Waals surface area contributed by atoms with Crippen LogP contribution in [0.15, 0.2) is 18.2 Å². The predicted octanol–water partition coefficient (Wildman–Crippen LogP) is 3.89. The number of ketones is 1. The van der Waals surface area contributed by atoms with Gasteiger partial charge in [-0.05, 0) is 40.8 Å². The minimum Gasteiger partial charge on any atom is -0.293 e. The normalized spacial score (nSPS) is 11.5. The smallest absolute Gasteiger partial charge is 0.293 e. The number of benzene rings is 1. The van der Waals surface area contributed by atoms with Gasteiger partial charge in [-0.15, -0.1) is 0 Å². The summed E-state index contributed by atoms with van der Waals surface area (Å²) in [5.74, 6) is -0.571. The molecule has 0 heterocycles. The fraction of sp³-hybridized carbons (Fsp3) is 0.222. The monoisotopic (exact) mass is 392 g/mol. The fourth-order valence-corrected chi connectivity index (χ4v) is 1.86. The number of hydrogen-bond donors (Lipinski definition) is 0. The van der Waals surface area contributed by atoms with E-state index < -0.39 is 17.5 Å². The van der Waals surface area contributed by atoms with E-state index in [1.807, 2.05) is 0 Å². The lowest BCUT2D eigenvalue weighted by molar-refractivity contribution is -0.137. The van der Waals surface area contributed by atoms with E-state index in [0.717, 1.165) is 6.07 Å². The molecule has 0 aliphatic rings. The van der Waals surface area contributed by atoms with Gasteiger partial charge in [-0.2, -0.15) is 13.2 Å². The zero-order valence-corrected chi connectivity index (χ0v) is 11.0. The summed E-state index contributed by atoms with van der Waals surface area (Å²) >= 11 is 4.63. The summed E-state index contributed by atoms with van der Waals surface area (Å²) in [6.45, 7) is 0. The van der Waals surface area contributed by atoms with Gasteiger partial charge in [0.05, 0.1) is 10.9 Å². The van der Waals surface area contributed by atoms with Crippen LogP contribution >= 0.6 is 38.5 Å². The van der Waals surface area contributed by atoms with Crippen LogP contribution in [-0.4, -0.2) is 11.1 Å². The average Bonchev–Trinajstić information content (AvgIpc) is 2.15. The molecule has 6 heteroatoms. The zero-order chi connectivity index (χ0) is 11.6. The minimum absolute atomic E-state index is 0.114. The van der Waals surface area contributed by atoms with Crippen molar-refractivity contribution in [3.63, 3.8) is 0 Å². The summed E-state index contributed by atoms with van der Waals surface area (Å²) < 4.78 is 38.1. The molecule has 1 rings (SSSR count). The van der Waals surface area contributed by atoms with E-state index in [4.69, 9.17) is 0 Å². The summed E-state index contributed by atoms with van der Waals surface area (Å²) in [7, 11) is 0. The highest BCUT2D eigenvalue weighted by molar-refractivity contribution is 14.1. The molecule has 0 aliphatic carbocycles. The summed E-state index contributed by atoms with van der Waals surface area (Å²) in [5, 5.41) is -0.114. The van der Waals surface area contributed by atoms with Crippen molar-refractivity contribution in [3.05, 3.63) is 32.9 Å². The Balaban J connectivity index is 3.33. The van der Waals surface area contributed by atoms with Crippen molar-refractivity contribution in [2.24, 2.45) is 0 Å². The predicted molar refractivity (Wildman–Crippen MR) is 62.3 cm³/mol. The van der Waals surface area contributed by atoms with Crippen molar-refractivity contribution >= 4 is 44.3 Å². The maximum Gasteiger partial charge on any atom is 0.417 e. The largest absolute Gasteiger partial charge is 0.417 e. The van der Waals surface area contributed by atoms with Crippen LogP contribution in [0.2, 0.25) is 0 Å². The molecule has 0 N–H and O–H groups in total. The second kappa shape index (κ2) is 4.82. The average molecular weight is 393 g/mol. The van der Waals surface area contributed by atoms with Crippen LogP contribution in [0.5, 0.6) is 0 Å². The third kappa shape index (κ3) is 3.17. The van der Waals surface area contributed by atoms with E-state index in [1.54, 1.807) is 22.6 Å². The van der Waals surface area contributed by atoms with Gasteiger partial charge in [-0.25, -0.2) is 0 Å². The van der Waals surface area contributed by atoms with Crippen LogP contribution in [-0.2, 0) is 6.18 Å². The maximum atomic E-state index is 12.6. The number of halogens is 5. The standard InChI is InChI=1S/C9H5BrF3IO/c10-4-8(15)6-2-1-5(14)3-7(6)9(11,12)13/h1-3H,4H2. The molecular weight excluding hydrogens is 388 g/mol. The molecule has 0 radical (unpaired) electrons. The molecule has 1 aromatic carbocycles. The first-order chi connectivity index (χ1) is 6.86. The Labute approximate surface area is 106 Å². The number of Topliss-reactive ketones (excluding diaryl/α,β-unsaturated/α-hetero) is 1. The topological polar surface area (TPSA) is 17.1 Å². The number of hydrogen-bond acceptors (Lipinski definition) is 1. The van der Waals surface area contributed by atoms with E-state index in [0.29, 0.717) is 3.57 Å². The lowest BCUT2D eigenvalue weighted by Gasteiger charge is -2.11. The molecule has 0 saturated heterocycles. The van der Waals surface area contributed by atoms with Gasteiger partial charge in [0.1, 0.15) is 0 Å². The third-order valence-electron chi connectivity index (χ3n) is 1.71. The Morgan fingerprint density at radius 2 is 2.00 bits per heavy atom. The minimum atomic E-state index is -4.49. The van der Waals surface area contributed by atoms with Gasteiger partial charge in [0.2, 0.25) is 0 Å². The van der Waals surface area contributed by atoms with Gasteiger partial charge in [0.25, 0.3) is 0 Å². The molecule has 15 heavy (non-hydrogen) atoms.